The SMILES string of the molecule is CCC1CCCC(NCCc2nnc3ccccn23)C1. The zero-order valence-electron chi connectivity index (χ0n) is 12.3. The van der Waals surface area contributed by atoms with E-state index in [4.69, 9.17) is 0 Å². The summed E-state index contributed by atoms with van der Waals surface area (Å²) in [5, 5.41) is 12.2. The molecule has 4 nitrogen and oxygen atoms in total. The molecule has 4 heteroatoms. The molecule has 3 rings (SSSR count). The van der Waals surface area contributed by atoms with Crippen LogP contribution in [0.3, 0.4) is 0 Å². The maximum absolute atomic E-state index is 4.28. The van der Waals surface area contributed by atoms with Crippen LogP contribution in [0.15, 0.2) is 24.4 Å². The number of pyridine rings is 1. The van der Waals surface area contributed by atoms with Crippen molar-refractivity contribution < 1.29 is 0 Å². The van der Waals surface area contributed by atoms with Crippen molar-refractivity contribution in [2.45, 2.75) is 51.5 Å². The monoisotopic (exact) mass is 272 g/mol. The Morgan fingerprint density at radius 2 is 2.25 bits per heavy atom. The molecule has 0 radical (unpaired) electrons. The van der Waals surface area contributed by atoms with Crippen LogP contribution in [0.1, 0.15) is 44.9 Å². The van der Waals surface area contributed by atoms with Gasteiger partial charge in [0.25, 0.3) is 0 Å². The summed E-state index contributed by atoms with van der Waals surface area (Å²) < 4.78 is 2.08. The van der Waals surface area contributed by atoms with E-state index in [1.54, 1.807) is 0 Å². The summed E-state index contributed by atoms with van der Waals surface area (Å²) in [4.78, 5) is 0. The Hall–Kier alpha value is -1.42. The molecule has 2 aromatic rings. The van der Waals surface area contributed by atoms with Crippen LogP contribution in [0.5, 0.6) is 0 Å². The minimum atomic E-state index is 0.702. The Labute approximate surface area is 120 Å². The summed E-state index contributed by atoms with van der Waals surface area (Å²) in [5.74, 6) is 1.98. The quantitative estimate of drug-likeness (QED) is 0.910. The molecule has 0 bridgehead atoms. The molecule has 0 aromatic carbocycles. The highest BCUT2D eigenvalue weighted by molar-refractivity contribution is 5.36. The third-order valence-corrected chi connectivity index (χ3v) is 4.53. The molecule has 0 amide bonds. The fraction of sp³-hybridized carbons (Fsp3) is 0.625. The zero-order valence-corrected chi connectivity index (χ0v) is 12.3. The minimum absolute atomic E-state index is 0.702. The molecule has 2 atom stereocenters. The van der Waals surface area contributed by atoms with Gasteiger partial charge in [-0.15, -0.1) is 10.2 Å². The van der Waals surface area contributed by atoms with E-state index in [0.717, 1.165) is 30.4 Å². The predicted molar refractivity (Wildman–Crippen MR) is 80.7 cm³/mol. The lowest BCUT2D eigenvalue weighted by molar-refractivity contribution is 0.280. The van der Waals surface area contributed by atoms with Gasteiger partial charge in [-0.3, -0.25) is 4.40 Å². The average molecular weight is 272 g/mol. The Bertz CT molecular complexity index is 548. The maximum Gasteiger partial charge on any atom is 0.160 e. The van der Waals surface area contributed by atoms with Gasteiger partial charge in [0, 0.05) is 25.2 Å². The number of hydrogen-bond acceptors (Lipinski definition) is 3. The van der Waals surface area contributed by atoms with Gasteiger partial charge in [0.05, 0.1) is 0 Å². The van der Waals surface area contributed by atoms with Crippen molar-refractivity contribution >= 4 is 5.65 Å². The Morgan fingerprint density at radius 1 is 1.30 bits per heavy atom. The summed E-state index contributed by atoms with van der Waals surface area (Å²) in [7, 11) is 0. The van der Waals surface area contributed by atoms with Crippen LogP contribution in [-0.4, -0.2) is 27.2 Å². The van der Waals surface area contributed by atoms with Gasteiger partial charge in [-0.05, 0) is 30.9 Å². The van der Waals surface area contributed by atoms with Crippen molar-refractivity contribution in [1.82, 2.24) is 19.9 Å². The van der Waals surface area contributed by atoms with Crippen molar-refractivity contribution in [3.63, 3.8) is 0 Å². The normalized spacial score (nSPS) is 23.2. The van der Waals surface area contributed by atoms with Crippen molar-refractivity contribution in [3.8, 4) is 0 Å². The van der Waals surface area contributed by atoms with E-state index in [-0.39, 0.29) is 0 Å². The zero-order chi connectivity index (χ0) is 13.8. The third-order valence-electron chi connectivity index (χ3n) is 4.53. The van der Waals surface area contributed by atoms with Crippen LogP contribution in [-0.2, 0) is 6.42 Å². The van der Waals surface area contributed by atoms with Crippen LogP contribution >= 0.6 is 0 Å². The smallest absolute Gasteiger partial charge is 0.160 e. The van der Waals surface area contributed by atoms with Crippen molar-refractivity contribution in [2.75, 3.05) is 6.54 Å². The fourth-order valence-corrected chi connectivity index (χ4v) is 3.30. The molecule has 2 unspecified atom stereocenters. The van der Waals surface area contributed by atoms with Crippen LogP contribution in [0.4, 0.5) is 0 Å². The predicted octanol–water partition coefficient (Wildman–Crippen LogP) is 2.83. The molecule has 1 aliphatic carbocycles. The molecule has 20 heavy (non-hydrogen) atoms. The highest BCUT2D eigenvalue weighted by Crippen LogP contribution is 2.26. The molecule has 1 aliphatic rings. The topological polar surface area (TPSA) is 42.2 Å². The molecule has 2 heterocycles. The van der Waals surface area contributed by atoms with Crippen LogP contribution in [0, 0.1) is 5.92 Å². The highest BCUT2D eigenvalue weighted by Gasteiger charge is 2.20. The molecule has 108 valence electrons. The number of rotatable bonds is 5. The van der Waals surface area contributed by atoms with E-state index in [9.17, 15) is 0 Å². The Balaban J connectivity index is 1.52. The van der Waals surface area contributed by atoms with Gasteiger partial charge >= 0.3 is 0 Å². The second-order valence-corrected chi connectivity index (χ2v) is 5.89. The van der Waals surface area contributed by atoms with E-state index >= 15 is 0 Å². The number of fused-ring (bicyclic) bond motifs is 1. The van der Waals surface area contributed by atoms with Crippen LogP contribution in [0.2, 0.25) is 0 Å². The van der Waals surface area contributed by atoms with Gasteiger partial charge in [-0.25, -0.2) is 0 Å². The second kappa shape index (κ2) is 6.35. The molecule has 0 saturated heterocycles. The highest BCUT2D eigenvalue weighted by atomic mass is 15.2. The summed E-state index contributed by atoms with van der Waals surface area (Å²) in [6, 6.07) is 6.73. The molecule has 1 N–H and O–H groups in total. The summed E-state index contributed by atoms with van der Waals surface area (Å²) in [6.07, 6.45) is 9.78. The lowest BCUT2D eigenvalue weighted by Crippen LogP contribution is -2.35. The molecule has 0 aliphatic heterocycles. The molecule has 1 saturated carbocycles. The molecule has 2 aromatic heterocycles. The first-order valence-corrected chi connectivity index (χ1v) is 7.89. The van der Waals surface area contributed by atoms with E-state index in [0.29, 0.717) is 6.04 Å². The maximum atomic E-state index is 4.28. The first-order valence-electron chi connectivity index (χ1n) is 7.89. The van der Waals surface area contributed by atoms with Crippen LogP contribution in [0.25, 0.3) is 5.65 Å². The van der Waals surface area contributed by atoms with Gasteiger partial charge < -0.3 is 5.32 Å². The lowest BCUT2D eigenvalue weighted by atomic mass is 9.84. The van der Waals surface area contributed by atoms with Gasteiger partial charge in [0.1, 0.15) is 5.82 Å². The number of hydrogen-bond donors (Lipinski definition) is 1. The second-order valence-electron chi connectivity index (χ2n) is 5.89. The average Bonchev–Trinajstić information content (AvgIpc) is 2.91. The van der Waals surface area contributed by atoms with Gasteiger partial charge in [-0.1, -0.05) is 32.3 Å². The summed E-state index contributed by atoms with van der Waals surface area (Å²) >= 11 is 0. The summed E-state index contributed by atoms with van der Waals surface area (Å²) in [5.41, 5.74) is 0.936. The van der Waals surface area contributed by atoms with E-state index in [2.05, 4.69) is 26.8 Å². The van der Waals surface area contributed by atoms with Crippen LogP contribution < -0.4 is 5.32 Å². The van der Waals surface area contributed by atoms with Crippen molar-refractivity contribution in [2.24, 2.45) is 5.92 Å². The standard InChI is InChI=1S/C16H24N4/c1-2-13-6-5-7-14(12-13)17-10-9-16-19-18-15-8-3-4-11-20(15)16/h3-4,8,11,13-14,17H,2,5-7,9-10,12H2,1H3. The van der Waals surface area contributed by atoms with E-state index in [1.807, 2.05) is 24.4 Å². The van der Waals surface area contributed by atoms with E-state index in [1.165, 1.54) is 32.1 Å². The Kier molecular flexibility index (Phi) is 4.31. The van der Waals surface area contributed by atoms with E-state index < -0.39 is 0 Å². The fourth-order valence-electron chi connectivity index (χ4n) is 3.30. The lowest BCUT2D eigenvalue weighted by Gasteiger charge is -2.29. The van der Waals surface area contributed by atoms with Gasteiger partial charge in [0.2, 0.25) is 0 Å². The molecular weight excluding hydrogens is 248 g/mol. The number of nitrogens with zero attached hydrogens (tertiary/aromatic N) is 3. The van der Waals surface area contributed by atoms with Gasteiger partial charge in [-0.2, -0.15) is 0 Å². The van der Waals surface area contributed by atoms with Gasteiger partial charge in [0.15, 0.2) is 5.65 Å². The van der Waals surface area contributed by atoms with Crippen molar-refractivity contribution in [1.29, 1.82) is 0 Å². The minimum Gasteiger partial charge on any atom is -0.314 e. The third kappa shape index (κ3) is 3.01. The first-order chi connectivity index (χ1) is 9.86. The number of nitrogens with one attached hydrogen (secondary N) is 1. The van der Waals surface area contributed by atoms with Crippen molar-refractivity contribution in [3.05, 3.63) is 30.2 Å². The molecular formula is C16H24N4. The molecule has 1 fully saturated rings. The molecule has 0 spiro atoms. The largest absolute Gasteiger partial charge is 0.314 e. The summed E-state index contributed by atoms with van der Waals surface area (Å²) in [6.45, 7) is 3.31. The number of aromatic nitrogens is 3. The first kappa shape index (κ1) is 13.6. The Morgan fingerprint density at radius 3 is 3.15 bits per heavy atom.